The number of carbonyl (C=O) groups excluding carboxylic acids is 1. The number of likely N-dealkylation sites (tertiary alicyclic amines) is 1. The van der Waals surface area contributed by atoms with E-state index in [-0.39, 0.29) is 0 Å². The first-order valence-corrected chi connectivity index (χ1v) is 8.93. The summed E-state index contributed by atoms with van der Waals surface area (Å²) in [5, 5.41) is 3.70. The summed E-state index contributed by atoms with van der Waals surface area (Å²) in [4.78, 5) is 17.1. The quantitative estimate of drug-likeness (QED) is 0.859. The predicted molar refractivity (Wildman–Crippen MR) is 85.2 cm³/mol. The van der Waals surface area contributed by atoms with Crippen molar-refractivity contribution in [1.82, 2.24) is 15.1 Å². The van der Waals surface area contributed by atoms with Gasteiger partial charge in [0.15, 0.2) is 0 Å². The number of nitrogens with zero attached hydrogens (tertiary/aromatic N) is 2. The van der Waals surface area contributed by atoms with E-state index < -0.39 is 0 Å². The van der Waals surface area contributed by atoms with E-state index in [0.717, 1.165) is 19.6 Å². The number of amides is 1. The maximum absolute atomic E-state index is 12.6. The molecular weight excluding hydrogens is 262 g/mol. The summed E-state index contributed by atoms with van der Waals surface area (Å²) >= 11 is 0. The van der Waals surface area contributed by atoms with Crippen LogP contribution in [0.2, 0.25) is 0 Å². The molecule has 3 fully saturated rings. The van der Waals surface area contributed by atoms with Gasteiger partial charge in [0.25, 0.3) is 0 Å². The molecule has 2 bridgehead atoms. The Kier molecular flexibility index (Phi) is 4.85. The highest BCUT2D eigenvalue weighted by Gasteiger charge is 2.36. The van der Waals surface area contributed by atoms with Crippen molar-refractivity contribution in [2.45, 2.75) is 70.5 Å². The van der Waals surface area contributed by atoms with Gasteiger partial charge in [0.05, 0.1) is 6.54 Å². The molecule has 3 unspecified atom stereocenters. The van der Waals surface area contributed by atoms with E-state index >= 15 is 0 Å². The van der Waals surface area contributed by atoms with Gasteiger partial charge >= 0.3 is 0 Å². The molecule has 1 amide bonds. The topological polar surface area (TPSA) is 35.6 Å². The molecule has 4 heteroatoms. The summed E-state index contributed by atoms with van der Waals surface area (Å²) in [5.41, 5.74) is 0. The van der Waals surface area contributed by atoms with Crippen molar-refractivity contribution < 1.29 is 4.79 Å². The van der Waals surface area contributed by atoms with Gasteiger partial charge in [0, 0.05) is 31.2 Å². The molecule has 3 aliphatic heterocycles. The molecule has 3 atom stereocenters. The van der Waals surface area contributed by atoms with E-state index in [9.17, 15) is 4.79 Å². The highest BCUT2D eigenvalue weighted by atomic mass is 16.2. The Morgan fingerprint density at radius 2 is 1.95 bits per heavy atom. The largest absolute Gasteiger partial charge is 0.341 e. The van der Waals surface area contributed by atoms with Crippen LogP contribution in [0, 0.1) is 5.92 Å². The van der Waals surface area contributed by atoms with Gasteiger partial charge in [-0.15, -0.1) is 0 Å². The van der Waals surface area contributed by atoms with E-state index in [1.807, 2.05) is 0 Å². The van der Waals surface area contributed by atoms with Crippen LogP contribution in [0.3, 0.4) is 0 Å². The lowest BCUT2D eigenvalue weighted by Crippen LogP contribution is -2.52. The van der Waals surface area contributed by atoms with Crippen molar-refractivity contribution in [2.24, 2.45) is 5.92 Å². The third-order valence-electron chi connectivity index (χ3n) is 5.72. The first-order valence-electron chi connectivity index (χ1n) is 8.93. The molecule has 0 aromatic rings. The lowest BCUT2D eigenvalue weighted by atomic mass is 9.97. The highest BCUT2D eigenvalue weighted by Crippen LogP contribution is 2.29. The molecule has 1 N–H and O–H groups in total. The third-order valence-corrected chi connectivity index (χ3v) is 5.72. The molecule has 4 nitrogen and oxygen atoms in total. The molecular formula is C17H31N3O. The Morgan fingerprint density at radius 1 is 1.24 bits per heavy atom. The molecule has 0 radical (unpaired) electrons. The average molecular weight is 293 g/mol. The van der Waals surface area contributed by atoms with Gasteiger partial charge in [0.2, 0.25) is 5.91 Å². The lowest BCUT2D eigenvalue weighted by molar-refractivity contribution is -0.134. The molecule has 0 aliphatic carbocycles. The van der Waals surface area contributed by atoms with Gasteiger partial charge in [-0.1, -0.05) is 13.8 Å². The fraction of sp³-hybridized carbons (Fsp3) is 0.941. The van der Waals surface area contributed by atoms with Gasteiger partial charge in [-0.3, -0.25) is 9.69 Å². The van der Waals surface area contributed by atoms with Crippen LogP contribution < -0.4 is 5.32 Å². The zero-order chi connectivity index (χ0) is 14.8. The normalized spacial score (nSPS) is 36.2. The van der Waals surface area contributed by atoms with Crippen LogP contribution in [0.1, 0.15) is 52.4 Å². The number of likely N-dealkylation sites (N-methyl/N-ethyl adjacent to an activating group) is 1. The second-order valence-corrected chi connectivity index (χ2v) is 7.41. The van der Waals surface area contributed by atoms with Crippen LogP contribution >= 0.6 is 0 Å². The maximum Gasteiger partial charge on any atom is 0.236 e. The molecule has 3 saturated heterocycles. The Balaban J connectivity index is 1.55. The molecule has 120 valence electrons. The molecule has 3 rings (SSSR count). The van der Waals surface area contributed by atoms with Gasteiger partial charge in [-0.2, -0.15) is 0 Å². The summed E-state index contributed by atoms with van der Waals surface area (Å²) in [5.74, 6) is 1.03. The summed E-state index contributed by atoms with van der Waals surface area (Å²) in [6, 6.07) is 2.01. The van der Waals surface area contributed by atoms with Crippen LogP contribution in [-0.2, 0) is 4.79 Å². The first-order chi connectivity index (χ1) is 10.2. The van der Waals surface area contributed by atoms with Crippen molar-refractivity contribution in [3.63, 3.8) is 0 Å². The SMILES string of the molecule is CCN(CC(=O)N1CCCC(C)C1)C1CC2CCC(C1)N2. The molecule has 0 spiro atoms. The Bertz CT molecular complexity index is 361. The molecule has 3 heterocycles. The van der Waals surface area contributed by atoms with E-state index in [1.165, 1.54) is 38.5 Å². The Morgan fingerprint density at radius 3 is 2.57 bits per heavy atom. The smallest absolute Gasteiger partial charge is 0.236 e. The fourth-order valence-electron chi connectivity index (χ4n) is 4.51. The average Bonchev–Trinajstić information content (AvgIpc) is 2.83. The predicted octanol–water partition coefficient (Wildman–Crippen LogP) is 1.85. The van der Waals surface area contributed by atoms with E-state index in [1.54, 1.807) is 0 Å². The number of hydrogen-bond donors (Lipinski definition) is 1. The van der Waals surface area contributed by atoms with Gasteiger partial charge in [0.1, 0.15) is 0 Å². The molecule has 0 aromatic carbocycles. The van der Waals surface area contributed by atoms with Crippen molar-refractivity contribution in [3.8, 4) is 0 Å². The molecule has 0 aromatic heterocycles. The van der Waals surface area contributed by atoms with Crippen molar-refractivity contribution in [2.75, 3.05) is 26.2 Å². The Labute approximate surface area is 129 Å². The summed E-state index contributed by atoms with van der Waals surface area (Å²) in [7, 11) is 0. The highest BCUT2D eigenvalue weighted by molar-refractivity contribution is 5.78. The van der Waals surface area contributed by atoms with Crippen molar-refractivity contribution in [3.05, 3.63) is 0 Å². The van der Waals surface area contributed by atoms with Crippen LogP contribution in [0.4, 0.5) is 0 Å². The van der Waals surface area contributed by atoms with Gasteiger partial charge < -0.3 is 10.2 Å². The van der Waals surface area contributed by atoms with E-state index in [2.05, 4.69) is 29.0 Å². The maximum atomic E-state index is 12.6. The zero-order valence-electron chi connectivity index (χ0n) is 13.7. The van der Waals surface area contributed by atoms with Crippen molar-refractivity contribution in [1.29, 1.82) is 0 Å². The van der Waals surface area contributed by atoms with Gasteiger partial charge in [-0.25, -0.2) is 0 Å². The van der Waals surface area contributed by atoms with Crippen LogP contribution in [-0.4, -0.2) is 60.0 Å². The number of nitrogens with one attached hydrogen (secondary N) is 1. The Hall–Kier alpha value is -0.610. The minimum atomic E-state index is 0.356. The second kappa shape index (κ2) is 6.66. The lowest BCUT2D eigenvalue weighted by Gasteiger charge is -2.38. The summed E-state index contributed by atoms with van der Waals surface area (Å²) in [6.07, 6.45) is 7.57. The van der Waals surface area contributed by atoms with Crippen molar-refractivity contribution >= 4 is 5.91 Å². The molecule has 3 aliphatic rings. The number of carbonyl (C=O) groups is 1. The van der Waals surface area contributed by atoms with Crippen LogP contribution in [0.25, 0.3) is 0 Å². The van der Waals surface area contributed by atoms with E-state index in [0.29, 0.717) is 36.5 Å². The fourth-order valence-corrected chi connectivity index (χ4v) is 4.51. The molecule has 0 saturated carbocycles. The third kappa shape index (κ3) is 3.59. The number of hydrogen-bond acceptors (Lipinski definition) is 3. The summed E-state index contributed by atoms with van der Waals surface area (Å²) < 4.78 is 0. The summed E-state index contributed by atoms with van der Waals surface area (Å²) in [6.45, 7) is 8.04. The van der Waals surface area contributed by atoms with E-state index in [4.69, 9.17) is 0 Å². The first kappa shape index (κ1) is 15.3. The zero-order valence-corrected chi connectivity index (χ0v) is 13.7. The standard InChI is InChI=1S/C17H31N3O/c1-3-19(16-9-14-6-7-15(10-16)18-14)12-17(21)20-8-4-5-13(2)11-20/h13-16,18H,3-12H2,1-2H3. The minimum absolute atomic E-state index is 0.356. The molecule has 21 heavy (non-hydrogen) atoms. The number of fused-ring (bicyclic) bond motifs is 2. The number of piperidine rings is 2. The van der Waals surface area contributed by atoms with Crippen LogP contribution in [0.5, 0.6) is 0 Å². The monoisotopic (exact) mass is 293 g/mol. The van der Waals surface area contributed by atoms with Gasteiger partial charge in [-0.05, 0) is 51.0 Å². The number of rotatable bonds is 4. The second-order valence-electron chi connectivity index (χ2n) is 7.41. The minimum Gasteiger partial charge on any atom is -0.341 e. The van der Waals surface area contributed by atoms with Crippen LogP contribution in [0.15, 0.2) is 0 Å².